The molecule has 0 aromatic rings. The highest BCUT2D eigenvalue weighted by Gasteiger charge is 2.59. The molecule has 0 radical (unpaired) electrons. The van der Waals surface area contributed by atoms with E-state index in [1.807, 2.05) is 27.7 Å². The van der Waals surface area contributed by atoms with Gasteiger partial charge in [0, 0.05) is 0 Å². The summed E-state index contributed by atoms with van der Waals surface area (Å²) in [5.41, 5.74) is -4.27. The van der Waals surface area contributed by atoms with E-state index in [0.29, 0.717) is 69.1 Å². The summed E-state index contributed by atoms with van der Waals surface area (Å²) in [6, 6.07) is 0. The average Bonchev–Trinajstić information content (AvgIpc) is 0.746. The fourth-order valence-electron chi connectivity index (χ4n) is 8.86. The maximum Gasteiger partial charge on any atom is 0.399 e. The molecular weight excluding hydrogens is 1440 g/mol. The van der Waals surface area contributed by atoms with E-state index >= 15 is 0 Å². The van der Waals surface area contributed by atoms with Crippen molar-refractivity contribution in [3.05, 3.63) is 0 Å². The summed E-state index contributed by atoms with van der Waals surface area (Å²) in [6.07, 6.45) is -7.78. The van der Waals surface area contributed by atoms with Gasteiger partial charge in [0.15, 0.2) is 0 Å². The highest BCUT2D eigenvalue weighted by atomic mass is 19.4. The molecule has 0 amide bonds. The Balaban J connectivity index is -0.000000128. The van der Waals surface area contributed by atoms with Crippen LogP contribution in [0.2, 0.25) is 0 Å². The molecule has 0 saturated heterocycles. The van der Waals surface area contributed by atoms with Crippen LogP contribution in [0.3, 0.4) is 0 Å². The molecule has 0 aliphatic heterocycles. The van der Waals surface area contributed by atoms with Crippen molar-refractivity contribution in [3.63, 3.8) is 0 Å². The largest absolute Gasteiger partial charge is 0.462 e. The lowest BCUT2D eigenvalue weighted by atomic mass is 9.54. The van der Waals surface area contributed by atoms with Crippen LogP contribution in [-0.4, -0.2) is 162 Å². The van der Waals surface area contributed by atoms with Crippen molar-refractivity contribution in [2.45, 2.75) is 311 Å². The van der Waals surface area contributed by atoms with E-state index in [9.17, 15) is 96.6 Å². The molecule has 0 atom stereocenters. The molecule has 4 fully saturated rings. The maximum absolute atomic E-state index is 14.4. The van der Waals surface area contributed by atoms with Gasteiger partial charge in [0.25, 0.3) is 0 Å². The van der Waals surface area contributed by atoms with Crippen LogP contribution in [0.4, 0.5) is 43.9 Å². The van der Waals surface area contributed by atoms with Crippen LogP contribution in [-0.2, 0) is 105 Å². The fraction of sp³-hybridized carbons (Fsp3) is 0.853. The number of carbonyl (C=O) groups is 11. The van der Waals surface area contributed by atoms with E-state index in [2.05, 4.69) is 14.2 Å². The number of ether oxygens (including phenoxy) is 11. The van der Waals surface area contributed by atoms with E-state index < -0.39 is 143 Å². The van der Waals surface area contributed by atoms with Crippen LogP contribution < -0.4 is 0 Å². The van der Waals surface area contributed by atoms with Gasteiger partial charge in [-0.2, -0.15) is 43.9 Å². The Labute approximate surface area is 633 Å². The van der Waals surface area contributed by atoms with Crippen LogP contribution in [0, 0.1) is 44.8 Å². The predicted molar refractivity (Wildman–Crippen MR) is 389 cm³/mol. The van der Waals surface area contributed by atoms with Crippen molar-refractivity contribution in [1.29, 1.82) is 0 Å². The van der Waals surface area contributed by atoms with Crippen molar-refractivity contribution in [2.24, 2.45) is 44.8 Å². The molecule has 0 aromatic carbocycles. The Morgan fingerprint density at radius 2 is 0.477 bits per heavy atom. The summed E-state index contributed by atoms with van der Waals surface area (Å²) in [4.78, 5) is 126. The zero-order valence-corrected chi connectivity index (χ0v) is 58.4. The number of hydrogen-bond donors (Lipinski definition) is 0. The number of rotatable bonds is 35. The molecular formula is C75H140F10O22. The minimum atomic E-state index is -4.61. The van der Waals surface area contributed by atoms with Crippen molar-refractivity contribution in [2.75, 3.05) is 66.1 Å². The van der Waals surface area contributed by atoms with E-state index in [4.69, 9.17) is 37.9 Å². The summed E-state index contributed by atoms with van der Waals surface area (Å²) in [5, 5.41) is 0. The van der Waals surface area contributed by atoms with E-state index in [1.54, 1.807) is 76.2 Å². The SMILES string of the molecule is C.C.C.C.C.C.C.C.C.C.CCC(C)(C)C(=O)OCCOC(=O)C(F)(F)CC(F)(F)C(=O)OC12CC3CC(CC(C3)C1)C2.CCC(C)(C)C(=O)OCCOC(=O)CC(F)(F)F.CCC(C)(C)C(=O)OCCOC(=O)CC(F)(F)F.CCC(C)(C)C(=O)OCCOC(=O)CCC(=O)OCCOC(=O)C(C)(C)CC. The van der Waals surface area contributed by atoms with Crippen molar-refractivity contribution < 1.29 is 149 Å². The first kappa shape index (κ1) is 124. The van der Waals surface area contributed by atoms with Gasteiger partial charge in [-0.3, -0.25) is 43.2 Å². The zero-order chi connectivity index (χ0) is 75.2. The third kappa shape index (κ3) is 49.3. The monoisotopic (exact) mass is 1580 g/mol. The van der Waals surface area contributed by atoms with Crippen LogP contribution in [0.1, 0.15) is 281 Å². The quantitative estimate of drug-likeness (QED) is 0.0246. The van der Waals surface area contributed by atoms with E-state index in [0.717, 1.165) is 19.3 Å². The minimum Gasteiger partial charge on any atom is -0.462 e. The van der Waals surface area contributed by atoms with Crippen LogP contribution in [0.25, 0.3) is 0 Å². The standard InChI is InChI=1S/C23H32F4O6.C20H34O8.2C11H17F3O4.10CH4/c1-4-20(2,3)17(28)31-5-6-32-18(29)22(24,25)13-23(26,27)19(30)33-21-10-14-7-15(11-21)9-16(8-14)12-21;1-7-19(3,4)17(23)27-13-11-25-15(21)9-10-16(22)26-12-14-28-18(24)20(5,6)8-2;2*1-4-10(2,3)9(16)18-6-5-17-8(15)7-11(12,13)14;;;;;;;;;;/h14-16H,4-13H2,1-3H3;7-14H2,1-6H3;2*4-7H2,1-3H3;10*1H4. The normalized spacial score (nSPS) is 16.0. The Hall–Kier alpha value is -6.53. The summed E-state index contributed by atoms with van der Waals surface area (Å²) in [5.74, 6) is -18.7. The molecule has 0 spiro atoms. The molecule has 0 N–H and O–H groups in total. The minimum absolute atomic E-state index is 0. The Morgan fingerprint density at radius 3 is 0.682 bits per heavy atom. The number of alkyl halides is 10. The summed E-state index contributed by atoms with van der Waals surface area (Å²) >= 11 is 0. The van der Waals surface area contributed by atoms with Gasteiger partial charge in [0.05, 0.1) is 46.3 Å². The van der Waals surface area contributed by atoms with Gasteiger partial charge < -0.3 is 52.1 Å². The number of esters is 11. The van der Waals surface area contributed by atoms with Gasteiger partial charge in [-0.1, -0.05) is 109 Å². The highest BCUT2D eigenvalue weighted by molar-refractivity contribution is 5.83. The highest BCUT2D eigenvalue weighted by Crippen LogP contribution is 2.57. The fourth-order valence-corrected chi connectivity index (χ4v) is 8.86. The molecule has 0 heterocycles. The molecule has 32 heteroatoms. The predicted octanol–water partition coefficient (Wildman–Crippen LogP) is 18.8. The topological polar surface area (TPSA) is 289 Å². The smallest absolute Gasteiger partial charge is 0.399 e. The Bertz CT molecular complexity index is 2440. The third-order valence-corrected chi connectivity index (χ3v) is 16.6. The second-order valence-corrected chi connectivity index (χ2v) is 27.0. The lowest BCUT2D eigenvalue weighted by Gasteiger charge is -2.55. The first-order chi connectivity index (χ1) is 44.3. The molecule has 4 aliphatic carbocycles. The molecule has 4 aliphatic rings. The summed E-state index contributed by atoms with van der Waals surface area (Å²) in [6.45, 7) is 23.6. The second kappa shape index (κ2) is 55.0. The van der Waals surface area contributed by atoms with Crippen LogP contribution in [0.5, 0.6) is 0 Å². The lowest BCUT2D eigenvalue weighted by molar-refractivity contribution is -0.220. The zero-order valence-electron chi connectivity index (χ0n) is 58.4. The summed E-state index contributed by atoms with van der Waals surface area (Å²) in [7, 11) is 0. The Kier molecular flexibility index (Phi) is 63.8. The summed E-state index contributed by atoms with van der Waals surface area (Å²) < 4.78 is 180. The van der Waals surface area contributed by atoms with Crippen LogP contribution in [0.15, 0.2) is 0 Å². The van der Waals surface area contributed by atoms with Crippen molar-refractivity contribution >= 4 is 65.7 Å². The first-order valence-electron chi connectivity index (χ1n) is 32.1. The van der Waals surface area contributed by atoms with Gasteiger partial charge in [-0.15, -0.1) is 0 Å². The van der Waals surface area contributed by atoms with Crippen LogP contribution >= 0.6 is 0 Å². The van der Waals surface area contributed by atoms with E-state index in [-0.39, 0.29) is 152 Å². The van der Waals surface area contributed by atoms with Gasteiger partial charge in [0.2, 0.25) is 0 Å². The maximum atomic E-state index is 14.4. The molecule has 0 unspecified atom stereocenters. The molecule has 22 nitrogen and oxygen atoms in total. The molecule has 4 rings (SSSR count). The van der Waals surface area contributed by atoms with Gasteiger partial charge in [-0.25, -0.2) is 9.59 Å². The molecule has 642 valence electrons. The van der Waals surface area contributed by atoms with Gasteiger partial charge in [-0.05, 0) is 158 Å². The first-order valence-corrected chi connectivity index (χ1v) is 32.1. The van der Waals surface area contributed by atoms with Gasteiger partial charge >= 0.3 is 89.9 Å². The molecule has 4 bridgehead atoms. The second-order valence-electron chi connectivity index (χ2n) is 27.0. The number of carbonyl (C=O) groups excluding carboxylic acids is 11. The number of hydrogen-bond acceptors (Lipinski definition) is 22. The molecule has 0 aromatic heterocycles. The van der Waals surface area contributed by atoms with E-state index in [1.165, 1.54) is 0 Å². The number of halogens is 10. The van der Waals surface area contributed by atoms with Crippen molar-refractivity contribution in [1.82, 2.24) is 0 Å². The van der Waals surface area contributed by atoms with Gasteiger partial charge in [0.1, 0.15) is 84.5 Å². The lowest BCUT2D eigenvalue weighted by Crippen LogP contribution is -2.55. The molecule has 4 saturated carbocycles. The van der Waals surface area contributed by atoms with Crippen molar-refractivity contribution in [3.8, 4) is 0 Å². The molecule has 107 heavy (non-hydrogen) atoms. The third-order valence-electron chi connectivity index (χ3n) is 16.6. The Morgan fingerprint density at radius 1 is 0.290 bits per heavy atom. The average molecular weight is 1580 g/mol.